The zero-order valence-corrected chi connectivity index (χ0v) is 20.0. The Morgan fingerprint density at radius 1 is 0.857 bits per heavy atom. The van der Waals surface area contributed by atoms with Crippen LogP contribution >= 0.6 is 0 Å². The van der Waals surface area contributed by atoms with Crippen LogP contribution in [0, 0.1) is 0 Å². The van der Waals surface area contributed by atoms with Gasteiger partial charge in [-0.15, -0.1) is 10.2 Å². The predicted octanol–water partition coefficient (Wildman–Crippen LogP) is 5.56. The summed E-state index contributed by atoms with van der Waals surface area (Å²) in [7, 11) is 3.16. The highest BCUT2D eigenvalue weighted by molar-refractivity contribution is 6.08. The molecule has 1 aliphatic rings. The molecule has 1 amide bonds. The maximum absolute atomic E-state index is 13.3. The number of amides is 1. The van der Waals surface area contributed by atoms with Gasteiger partial charge in [-0.05, 0) is 49.6 Å². The first-order chi connectivity index (χ1) is 17.2. The third kappa shape index (κ3) is 4.49. The lowest BCUT2D eigenvalue weighted by atomic mass is 10.0. The zero-order chi connectivity index (χ0) is 24.2. The second kappa shape index (κ2) is 10.0. The first-order valence-corrected chi connectivity index (χ1v) is 11.8. The molecule has 0 unspecified atom stereocenters. The van der Waals surface area contributed by atoms with Crippen molar-refractivity contribution in [2.45, 2.75) is 19.3 Å². The van der Waals surface area contributed by atoms with E-state index in [-0.39, 0.29) is 5.91 Å². The summed E-state index contributed by atoms with van der Waals surface area (Å²) in [6.07, 6.45) is 3.50. The van der Waals surface area contributed by atoms with Crippen LogP contribution in [0.1, 0.15) is 29.6 Å². The third-order valence-electron chi connectivity index (χ3n) is 6.41. The number of nitrogens with zero attached hydrogens (tertiary/aromatic N) is 3. The molecule has 1 aliphatic heterocycles. The van der Waals surface area contributed by atoms with Gasteiger partial charge in [-0.3, -0.25) is 4.79 Å². The molecular weight excluding hydrogens is 440 g/mol. The van der Waals surface area contributed by atoms with E-state index in [0.717, 1.165) is 59.3 Å². The lowest BCUT2D eigenvalue weighted by Crippen LogP contribution is -2.30. The number of piperidine rings is 1. The Labute approximate surface area is 204 Å². The fraction of sp³-hybridized carbons (Fsp3) is 0.250. The molecule has 0 spiro atoms. The first kappa shape index (κ1) is 22.7. The molecule has 178 valence electrons. The van der Waals surface area contributed by atoms with E-state index in [0.29, 0.717) is 17.2 Å². The van der Waals surface area contributed by atoms with Crippen LogP contribution in [0.25, 0.3) is 22.0 Å². The number of hydrogen-bond acceptors (Lipinski definition) is 6. The molecule has 0 saturated carbocycles. The molecule has 5 rings (SSSR count). The van der Waals surface area contributed by atoms with Gasteiger partial charge in [0.25, 0.3) is 5.91 Å². The average molecular weight is 469 g/mol. The summed E-state index contributed by atoms with van der Waals surface area (Å²) >= 11 is 0. The molecule has 1 aromatic heterocycles. The number of nitrogens with one attached hydrogen (secondary N) is 1. The predicted molar refractivity (Wildman–Crippen MR) is 139 cm³/mol. The van der Waals surface area contributed by atoms with Gasteiger partial charge in [0, 0.05) is 29.4 Å². The molecule has 0 radical (unpaired) electrons. The van der Waals surface area contributed by atoms with Crippen molar-refractivity contribution in [2.24, 2.45) is 0 Å². The quantitative estimate of drug-likeness (QED) is 0.399. The molecule has 1 saturated heterocycles. The highest BCUT2D eigenvalue weighted by Gasteiger charge is 2.20. The number of hydrogen-bond donors (Lipinski definition) is 1. The standard InChI is InChI=1S/C28H28N4O3/c1-34-25-13-7-6-12-22(25)27(33)29-23-18-19(14-15-24(23)32-16-8-3-9-17-32)26-20-10-4-5-11-21(20)28(35-2)31-30-26/h4-7,10-15,18H,3,8-9,16-17H2,1-2H3,(H,29,33). The van der Waals surface area contributed by atoms with E-state index in [4.69, 9.17) is 9.47 Å². The van der Waals surface area contributed by atoms with Gasteiger partial charge >= 0.3 is 0 Å². The SMILES string of the molecule is COc1ccccc1C(=O)Nc1cc(-c2nnc(OC)c3ccccc23)ccc1N1CCCCC1. The van der Waals surface area contributed by atoms with Crippen LogP contribution in [0.2, 0.25) is 0 Å². The Morgan fingerprint density at radius 3 is 2.37 bits per heavy atom. The molecule has 2 heterocycles. The second-order valence-corrected chi connectivity index (χ2v) is 8.54. The maximum atomic E-state index is 13.3. The van der Waals surface area contributed by atoms with E-state index < -0.39 is 0 Å². The van der Waals surface area contributed by atoms with Gasteiger partial charge in [0.1, 0.15) is 11.4 Å². The number of aromatic nitrogens is 2. The van der Waals surface area contributed by atoms with Crippen molar-refractivity contribution in [1.29, 1.82) is 0 Å². The van der Waals surface area contributed by atoms with Gasteiger partial charge in [-0.25, -0.2) is 0 Å². The summed E-state index contributed by atoms with van der Waals surface area (Å²) in [5.41, 5.74) is 3.83. The molecule has 4 aromatic rings. The molecule has 0 aliphatic carbocycles. The summed E-state index contributed by atoms with van der Waals surface area (Å²) in [5, 5.41) is 13.7. The minimum absolute atomic E-state index is 0.219. The summed E-state index contributed by atoms with van der Waals surface area (Å²) < 4.78 is 10.8. The Morgan fingerprint density at radius 2 is 1.60 bits per heavy atom. The zero-order valence-electron chi connectivity index (χ0n) is 20.0. The van der Waals surface area contributed by atoms with Crippen molar-refractivity contribution >= 4 is 28.1 Å². The van der Waals surface area contributed by atoms with Crippen LogP contribution in [0.15, 0.2) is 66.7 Å². The lowest BCUT2D eigenvalue weighted by molar-refractivity contribution is 0.102. The van der Waals surface area contributed by atoms with Crippen LogP contribution in [-0.4, -0.2) is 43.4 Å². The fourth-order valence-corrected chi connectivity index (χ4v) is 4.66. The minimum Gasteiger partial charge on any atom is -0.496 e. The Balaban J connectivity index is 1.60. The van der Waals surface area contributed by atoms with Crippen molar-refractivity contribution in [3.05, 3.63) is 72.3 Å². The van der Waals surface area contributed by atoms with Gasteiger partial charge in [-0.1, -0.05) is 36.4 Å². The van der Waals surface area contributed by atoms with Crippen molar-refractivity contribution in [3.63, 3.8) is 0 Å². The number of carbonyl (C=O) groups excluding carboxylic acids is 1. The summed E-state index contributed by atoms with van der Waals surface area (Å²) in [5.74, 6) is 0.801. The van der Waals surface area contributed by atoms with E-state index in [9.17, 15) is 4.79 Å². The van der Waals surface area contributed by atoms with Gasteiger partial charge in [0.2, 0.25) is 5.88 Å². The van der Waals surface area contributed by atoms with E-state index in [2.05, 4.69) is 26.5 Å². The van der Waals surface area contributed by atoms with Crippen LogP contribution in [0.3, 0.4) is 0 Å². The molecule has 3 aromatic carbocycles. The molecule has 35 heavy (non-hydrogen) atoms. The van der Waals surface area contributed by atoms with Crippen molar-refractivity contribution in [2.75, 3.05) is 37.5 Å². The van der Waals surface area contributed by atoms with E-state index in [1.165, 1.54) is 6.42 Å². The van der Waals surface area contributed by atoms with E-state index in [1.54, 1.807) is 26.4 Å². The molecule has 1 fully saturated rings. The fourth-order valence-electron chi connectivity index (χ4n) is 4.66. The van der Waals surface area contributed by atoms with Crippen molar-refractivity contribution < 1.29 is 14.3 Å². The topological polar surface area (TPSA) is 76.6 Å². The van der Waals surface area contributed by atoms with Gasteiger partial charge in [-0.2, -0.15) is 0 Å². The number of fused-ring (bicyclic) bond motifs is 1. The van der Waals surface area contributed by atoms with Crippen LogP contribution in [0.5, 0.6) is 11.6 Å². The molecule has 7 nitrogen and oxygen atoms in total. The Bertz CT molecular complexity index is 1370. The molecule has 1 N–H and O–H groups in total. The summed E-state index contributed by atoms with van der Waals surface area (Å²) in [6.45, 7) is 1.92. The number of anilines is 2. The van der Waals surface area contributed by atoms with Crippen molar-refractivity contribution in [1.82, 2.24) is 10.2 Å². The summed E-state index contributed by atoms with van der Waals surface area (Å²) in [6, 6.07) is 21.2. The number of ether oxygens (including phenoxy) is 2. The molecule has 0 atom stereocenters. The Kier molecular flexibility index (Phi) is 6.48. The van der Waals surface area contributed by atoms with Crippen molar-refractivity contribution in [3.8, 4) is 22.9 Å². The van der Waals surface area contributed by atoms with Gasteiger partial charge in [0.15, 0.2) is 0 Å². The third-order valence-corrected chi connectivity index (χ3v) is 6.41. The number of carbonyl (C=O) groups is 1. The van der Waals surface area contributed by atoms with Crippen LogP contribution < -0.4 is 19.7 Å². The second-order valence-electron chi connectivity index (χ2n) is 8.54. The number of rotatable bonds is 6. The number of para-hydroxylation sites is 1. The highest BCUT2D eigenvalue weighted by atomic mass is 16.5. The molecule has 7 heteroatoms. The smallest absolute Gasteiger partial charge is 0.259 e. The monoisotopic (exact) mass is 468 g/mol. The highest BCUT2D eigenvalue weighted by Crippen LogP contribution is 2.36. The normalized spacial score (nSPS) is 13.5. The van der Waals surface area contributed by atoms with Gasteiger partial charge in [0.05, 0.1) is 31.2 Å². The maximum Gasteiger partial charge on any atom is 0.259 e. The van der Waals surface area contributed by atoms with Crippen LogP contribution in [0.4, 0.5) is 11.4 Å². The van der Waals surface area contributed by atoms with E-state index in [1.807, 2.05) is 48.5 Å². The number of methoxy groups -OCH3 is 2. The largest absolute Gasteiger partial charge is 0.496 e. The Hall–Kier alpha value is -4.13. The molecule has 0 bridgehead atoms. The van der Waals surface area contributed by atoms with E-state index >= 15 is 0 Å². The van der Waals surface area contributed by atoms with Crippen LogP contribution in [-0.2, 0) is 0 Å². The lowest BCUT2D eigenvalue weighted by Gasteiger charge is -2.31. The van der Waals surface area contributed by atoms with Gasteiger partial charge < -0.3 is 19.7 Å². The molecular formula is C28H28N4O3. The first-order valence-electron chi connectivity index (χ1n) is 11.8. The average Bonchev–Trinajstić information content (AvgIpc) is 2.92. The minimum atomic E-state index is -0.219. The summed E-state index contributed by atoms with van der Waals surface area (Å²) in [4.78, 5) is 15.7. The number of benzene rings is 3.